The number of hydrogen-bond acceptors (Lipinski definition) is 7. The number of ether oxygens (including phenoxy) is 2. The summed E-state index contributed by atoms with van der Waals surface area (Å²) in [5.74, 6) is 0.696. The molecule has 1 amide bonds. The van der Waals surface area contributed by atoms with Gasteiger partial charge in [-0.2, -0.15) is 5.10 Å². The Morgan fingerprint density at radius 3 is 2.72 bits per heavy atom. The number of carbonyl (C=O) groups excluding carboxylic acids is 1. The average molecular weight is 480 g/mol. The first-order valence-corrected chi connectivity index (χ1v) is 11.6. The van der Waals surface area contributed by atoms with E-state index < -0.39 is 0 Å². The Bertz CT molecular complexity index is 1050. The average Bonchev–Trinajstić information content (AvgIpc) is 3.37. The number of aryl methyl sites for hydroxylation is 2. The van der Waals surface area contributed by atoms with Gasteiger partial charge in [0.1, 0.15) is 5.75 Å². The van der Waals surface area contributed by atoms with Crippen molar-refractivity contribution in [2.75, 3.05) is 50.9 Å². The zero-order valence-electron chi connectivity index (χ0n) is 18.7. The SMILES string of the molecule is CCOc1ccc2nc(N(CCN3CCOCC3)C(=O)c3cc(C)n(CC)n3)sc2c1.Cl. The highest BCUT2D eigenvalue weighted by atomic mass is 35.5. The molecule has 2 aromatic heterocycles. The van der Waals surface area contributed by atoms with Crippen molar-refractivity contribution >= 4 is 45.0 Å². The molecule has 3 heterocycles. The van der Waals surface area contributed by atoms with Crippen molar-refractivity contribution in [2.24, 2.45) is 0 Å². The fraction of sp³-hybridized carbons (Fsp3) is 0.500. The van der Waals surface area contributed by atoms with Crippen LogP contribution in [-0.2, 0) is 11.3 Å². The first-order valence-electron chi connectivity index (χ1n) is 10.8. The number of carbonyl (C=O) groups is 1. The summed E-state index contributed by atoms with van der Waals surface area (Å²) in [5, 5.41) is 5.20. The molecule has 0 spiro atoms. The van der Waals surface area contributed by atoms with E-state index >= 15 is 0 Å². The second-order valence-corrected chi connectivity index (χ2v) is 8.47. The number of anilines is 1. The molecule has 8 nitrogen and oxygen atoms in total. The number of morpholine rings is 1. The van der Waals surface area contributed by atoms with E-state index in [0.717, 1.165) is 61.1 Å². The zero-order valence-corrected chi connectivity index (χ0v) is 20.4. The maximum Gasteiger partial charge on any atom is 0.280 e. The van der Waals surface area contributed by atoms with Gasteiger partial charge in [0, 0.05) is 38.4 Å². The third kappa shape index (κ3) is 5.40. The van der Waals surface area contributed by atoms with Crippen molar-refractivity contribution in [1.29, 1.82) is 0 Å². The minimum absolute atomic E-state index is 0. The molecule has 0 unspecified atom stereocenters. The molecule has 1 fully saturated rings. The number of rotatable bonds is 8. The topological polar surface area (TPSA) is 72.7 Å². The molecule has 174 valence electrons. The fourth-order valence-electron chi connectivity index (χ4n) is 3.69. The second-order valence-electron chi connectivity index (χ2n) is 7.46. The normalized spacial score (nSPS) is 14.3. The van der Waals surface area contributed by atoms with E-state index in [4.69, 9.17) is 14.5 Å². The maximum atomic E-state index is 13.5. The monoisotopic (exact) mass is 479 g/mol. The van der Waals surface area contributed by atoms with Gasteiger partial charge in [0.05, 0.1) is 30.0 Å². The van der Waals surface area contributed by atoms with Crippen molar-refractivity contribution < 1.29 is 14.3 Å². The first-order chi connectivity index (χ1) is 15.1. The summed E-state index contributed by atoms with van der Waals surface area (Å²) in [6.45, 7) is 11.8. The first kappa shape index (κ1) is 24.4. The molecule has 1 saturated heterocycles. The molecular weight excluding hydrogens is 450 g/mol. The standard InChI is InChI=1S/C22H29N5O3S.ClH/c1-4-27-16(3)14-19(24-27)21(28)26(9-8-25-10-12-29-13-11-25)22-23-18-7-6-17(30-5-2)15-20(18)31-22;/h6-7,14-15H,4-5,8-13H2,1-3H3;1H. The van der Waals surface area contributed by atoms with Gasteiger partial charge < -0.3 is 9.47 Å². The molecule has 32 heavy (non-hydrogen) atoms. The van der Waals surface area contributed by atoms with Crippen LogP contribution in [0.15, 0.2) is 24.3 Å². The van der Waals surface area contributed by atoms with E-state index in [-0.39, 0.29) is 18.3 Å². The lowest BCUT2D eigenvalue weighted by Gasteiger charge is -2.29. The van der Waals surface area contributed by atoms with Gasteiger partial charge in [-0.15, -0.1) is 12.4 Å². The molecule has 4 rings (SSSR count). The Hall–Kier alpha value is -2.20. The van der Waals surface area contributed by atoms with E-state index in [2.05, 4.69) is 10.00 Å². The Kier molecular flexibility index (Phi) is 8.47. The van der Waals surface area contributed by atoms with Gasteiger partial charge in [0.25, 0.3) is 5.91 Å². The summed E-state index contributed by atoms with van der Waals surface area (Å²) in [5.41, 5.74) is 2.29. The van der Waals surface area contributed by atoms with E-state index in [1.165, 1.54) is 11.3 Å². The van der Waals surface area contributed by atoms with Crippen molar-refractivity contribution in [2.45, 2.75) is 27.3 Å². The third-order valence-electron chi connectivity index (χ3n) is 5.38. The smallest absolute Gasteiger partial charge is 0.280 e. The molecule has 0 atom stereocenters. The number of benzene rings is 1. The van der Waals surface area contributed by atoms with E-state index in [9.17, 15) is 4.79 Å². The summed E-state index contributed by atoms with van der Waals surface area (Å²) in [4.78, 5) is 22.3. The number of aromatic nitrogens is 3. The summed E-state index contributed by atoms with van der Waals surface area (Å²) < 4.78 is 13.9. The molecule has 3 aromatic rings. The van der Waals surface area contributed by atoms with Gasteiger partial charge in [-0.05, 0) is 45.0 Å². The number of hydrogen-bond donors (Lipinski definition) is 0. The third-order valence-corrected chi connectivity index (χ3v) is 6.42. The van der Waals surface area contributed by atoms with E-state index in [1.54, 1.807) is 4.90 Å². The van der Waals surface area contributed by atoms with Crippen LogP contribution >= 0.6 is 23.7 Å². The van der Waals surface area contributed by atoms with Crippen LogP contribution in [0.2, 0.25) is 0 Å². The lowest BCUT2D eigenvalue weighted by molar-refractivity contribution is 0.0391. The van der Waals surface area contributed by atoms with Crippen molar-refractivity contribution in [3.05, 3.63) is 35.7 Å². The van der Waals surface area contributed by atoms with Gasteiger partial charge in [-0.1, -0.05) is 11.3 Å². The summed E-state index contributed by atoms with van der Waals surface area (Å²) in [6.07, 6.45) is 0. The Labute approximate surface area is 198 Å². The lowest BCUT2D eigenvalue weighted by Crippen LogP contribution is -2.43. The van der Waals surface area contributed by atoms with Crippen LogP contribution in [0.1, 0.15) is 30.0 Å². The van der Waals surface area contributed by atoms with E-state index in [1.807, 2.05) is 49.7 Å². The molecule has 0 radical (unpaired) electrons. The largest absolute Gasteiger partial charge is 0.494 e. The zero-order chi connectivity index (χ0) is 21.8. The van der Waals surface area contributed by atoms with Crippen LogP contribution in [-0.4, -0.2) is 71.6 Å². The predicted molar refractivity (Wildman–Crippen MR) is 130 cm³/mol. The van der Waals surface area contributed by atoms with Crippen LogP contribution in [0.5, 0.6) is 5.75 Å². The molecule has 10 heteroatoms. The molecule has 1 aliphatic heterocycles. The molecule has 0 N–H and O–H groups in total. The minimum Gasteiger partial charge on any atom is -0.494 e. The molecule has 0 bridgehead atoms. The fourth-order valence-corrected chi connectivity index (χ4v) is 4.71. The van der Waals surface area contributed by atoms with Crippen molar-refractivity contribution in [3.63, 3.8) is 0 Å². The quantitative estimate of drug-likeness (QED) is 0.491. The van der Waals surface area contributed by atoms with Gasteiger partial charge in [-0.25, -0.2) is 4.98 Å². The van der Waals surface area contributed by atoms with E-state index in [0.29, 0.717) is 24.0 Å². The van der Waals surface area contributed by atoms with Crippen molar-refractivity contribution in [1.82, 2.24) is 19.7 Å². The Morgan fingerprint density at radius 1 is 1.25 bits per heavy atom. The summed E-state index contributed by atoms with van der Waals surface area (Å²) in [7, 11) is 0. The highest BCUT2D eigenvalue weighted by Crippen LogP contribution is 2.32. The van der Waals surface area contributed by atoms with Crippen molar-refractivity contribution in [3.8, 4) is 5.75 Å². The second kappa shape index (κ2) is 11.1. The minimum atomic E-state index is -0.118. The number of fused-ring (bicyclic) bond motifs is 1. The Balaban J connectivity index is 0.00000289. The maximum absolute atomic E-state index is 13.5. The van der Waals surface area contributed by atoms with Gasteiger partial charge >= 0.3 is 0 Å². The van der Waals surface area contributed by atoms with Crippen LogP contribution in [0.4, 0.5) is 5.13 Å². The lowest BCUT2D eigenvalue weighted by atomic mass is 10.3. The molecule has 0 aliphatic carbocycles. The predicted octanol–water partition coefficient (Wildman–Crippen LogP) is 3.62. The molecular formula is C22H30ClN5O3S. The molecule has 1 aliphatic rings. The van der Waals surface area contributed by atoms with Crippen LogP contribution in [0.3, 0.4) is 0 Å². The van der Waals surface area contributed by atoms with Gasteiger partial charge in [0.2, 0.25) is 0 Å². The highest BCUT2D eigenvalue weighted by Gasteiger charge is 2.25. The van der Waals surface area contributed by atoms with Gasteiger partial charge in [0.15, 0.2) is 10.8 Å². The van der Waals surface area contributed by atoms with Crippen LogP contribution in [0.25, 0.3) is 10.2 Å². The van der Waals surface area contributed by atoms with Crippen LogP contribution in [0, 0.1) is 6.92 Å². The molecule has 0 saturated carbocycles. The van der Waals surface area contributed by atoms with Gasteiger partial charge in [-0.3, -0.25) is 19.3 Å². The number of nitrogens with zero attached hydrogens (tertiary/aromatic N) is 5. The summed E-state index contributed by atoms with van der Waals surface area (Å²) in [6, 6.07) is 7.71. The highest BCUT2D eigenvalue weighted by molar-refractivity contribution is 7.22. The number of amides is 1. The summed E-state index contributed by atoms with van der Waals surface area (Å²) >= 11 is 1.51. The number of thiazole rings is 1. The molecule has 1 aromatic carbocycles. The Morgan fingerprint density at radius 2 is 2.03 bits per heavy atom. The number of halogens is 1. The van der Waals surface area contributed by atoms with Crippen LogP contribution < -0.4 is 9.64 Å².